The van der Waals surface area contributed by atoms with E-state index < -0.39 is 0 Å². The Morgan fingerprint density at radius 3 is 2.44 bits per heavy atom. The van der Waals surface area contributed by atoms with Gasteiger partial charge in [0.2, 0.25) is 0 Å². The van der Waals surface area contributed by atoms with Crippen molar-refractivity contribution in [1.29, 1.82) is 0 Å². The first-order valence-corrected chi connectivity index (χ1v) is 3.51. The maximum Gasteiger partial charge on any atom is 0.112 e. The van der Waals surface area contributed by atoms with E-state index in [1.807, 2.05) is 6.92 Å². The standard InChI is InChI=1S/C8H14O/c1-4-5-8(6-9-8)7(2)3/h2,4-6H2,1,3H3. The van der Waals surface area contributed by atoms with Crippen LogP contribution in [0.2, 0.25) is 0 Å². The van der Waals surface area contributed by atoms with E-state index in [0.29, 0.717) is 0 Å². The van der Waals surface area contributed by atoms with Crippen molar-refractivity contribution in [2.24, 2.45) is 0 Å². The molecule has 0 aromatic rings. The molecule has 1 aliphatic heterocycles. The zero-order valence-electron chi connectivity index (χ0n) is 6.24. The van der Waals surface area contributed by atoms with Gasteiger partial charge in [-0.05, 0) is 18.9 Å². The molecule has 0 spiro atoms. The Kier molecular flexibility index (Phi) is 1.62. The van der Waals surface area contributed by atoms with Crippen LogP contribution in [-0.2, 0) is 4.74 Å². The fourth-order valence-electron chi connectivity index (χ4n) is 1.10. The SMILES string of the molecule is C=C(C)C1(CCC)CO1. The number of epoxide rings is 1. The van der Waals surface area contributed by atoms with Crippen LogP contribution >= 0.6 is 0 Å². The Morgan fingerprint density at radius 1 is 1.78 bits per heavy atom. The molecule has 1 rings (SSSR count). The smallest absolute Gasteiger partial charge is 0.112 e. The first kappa shape index (κ1) is 6.81. The minimum atomic E-state index is 0.106. The van der Waals surface area contributed by atoms with E-state index in [1.165, 1.54) is 12.0 Å². The first-order chi connectivity index (χ1) is 4.21. The van der Waals surface area contributed by atoms with Crippen molar-refractivity contribution in [3.8, 4) is 0 Å². The number of ether oxygens (including phenoxy) is 1. The highest BCUT2D eigenvalue weighted by Crippen LogP contribution is 2.38. The zero-order valence-corrected chi connectivity index (χ0v) is 6.24. The largest absolute Gasteiger partial charge is 0.365 e. The van der Waals surface area contributed by atoms with Gasteiger partial charge in [-0.3, -0.25) is 0 Å². The van der Waals surface area contributed by atoms with Crippen molar-refractivity contribution in [3.05, 3.63) is 12.2 Å². The van der Waals surface area contributed by atoms with Gasteiger partial charge in [0.25, 0.3) is 0 Å². The van der Waals surface area contributed by atoms with Gasteiger partial charge in [-0.2, -0.15) is 0 Å². The van der Waals surface area contributed by atoms with Crippen molar-refractivity contribution in [2.75, 3.05) is 6.61 Å². The second-order valence-electron chi connectivity index (χ2n) is 2.81. The van der Waals surface area contributed by atoms with E-state index in [9.17, 15) is 0 Å². The molecule has 0 aromatic carbocycles. The highest BCUT2D eigenvalue weighted by molar-refractivity contribution is 5.17. The van der Waals surface area contributed by atoms with Crippen LogP contribution in [0.5, 0.6) is 0 Å². The van der Waals surface area contributed by atoms with Crippen molar-refractivity contribution in [2.45, 2.75) is 32.3 Å². The van der Waals surface area contributed by atoms with Crippen LogP contribution in [0.3, 0.4) is 0 Å². The monoisotopic (exact) mass is 126 g/mol. The molecule has 1 aliphatic rings. The number of rotatable bonds is 3. The summed E-state index contributed by atoms with van der Waals surface area (Å²) in [4.78, 5) is 0. The van der Waals surface area contributed by atoms with Gasteiger partial charge in [-0.15, -0.1) is 0 Å². The maximum atomic E-state index is 5.30. The molecule has 1 fully saturated rings. The molecule has 0 N–H and O–H groups in total. The summed E-state index contributed by atoms with van der Waals surface area (Å²) >= 11 is 0. The average molecular weight is 126 g/mol. The molecule has 1 unspecified atom stereocenters. The van der Waals surface area contributed by atoms with E-state index >= 15 is 0 Å². The van der Waals surface area contributed by atoms with E-state index in [2.05, 4.69) is 13.5 Å². The van der Waals surface area contributed by atoms with Crippen LogP contribution in [0.15, 0.2) is 12.2 Å². The van der Waals surface area contributed by atoms with Gasteiger partial charge in [0.1, 0.15) is 5.60 Å². The van der Waals surface area contributed by atoms with Gasteiger partial charge in [-0.1, -0.05) is 19.9 Å². The van der Waals surface area contributed by atoms with E-state index in [4.69, 9.17) is 4.74 Å². The molecule has 1 nitrogen and oxygen atoms in total. The summed E-state index contributed by atoms with van der Waals surface area (Å²) in [7, 11) is 0. The summed E-state index contributed by atoms with van der Waals surface area (Å²) in [6.07, 6.45) is 2.33. The summed E-state index contributed by atoms with van der Waals surface area (Å²) in [5.41, 5.74) is 1.29. The molecule has 0 amide bonds. The third-order valence-electron chi connectivity index (χ3n) is 1.92. The maximum absolute atomic E-state index is 5.30. The van der Waals surface area contributed by atoms with Gasteiger partial charge >= 0.3 is 0 Å². The van der Waals surface area contributed by atoms with Gasteiger partial charge in [0, 0.05) is 0 Å². The fraction of sp³-hybridized carbons (Fsp3) is 0.750. The predicted octanol–water partition coefficient (Wildman–Crippen LogP) is 2.13. The lowest BCUT2D eigenvalue weighted by molar-refractivity contribution is 0.322. The van der Waals surface area contributed by atoms with Crippen LogP contribution in [0, 0.1) is 0 Å². The second-order valence-corrected chi connectivity index (χ2v) is 2.81. The van der Waals surface area contributed by atoms with Crippen molar-refractivity contribution >= 4 is 0 Å². The molecule has 0 bridgehead atoms. The lowest BCUT2D eigenvalue weighted by atomic mass is 9.98. The number of hydrogen-bond acceptors (Lipinski definition) is 1. The van der Waals surface area contributed by atoms with Crippen molar-refractivity contribution < 1.29 is 4.74 Å². The first-order valence-electron chi connectivity index (χ1n) is 3.51. The van der Waals surface area contributed by atoms with Crippen LogP contribution in [0.1, 0.15) is 26.7 Å². The molecule has 1 saturated heterocycles. The fourth-order valence-corrected chi connectivity index (χ4v) is 1.10. The predicted molar refractivity (Wildman–Crippen MR) is 38.4 cm³/mol. The third-order valence-corrected chi connectivity index (χ3v) is 1.92. The topological polar surface area (TPSA) is 12.5 Å². The summed E-state index contributed by atoms with van der Waals surface area (Å²) in [5.74, 6) is 0. The molecule has 0 aromatic heterocycles. The minimum Gasteiger partial charge on any atom is -0.365 e. The molecular formula is C8H14O. The van der Waals surface area contributed by atoms with E-state index in [0.717, 1.165) is 13.0 Å². The molecule has 52 valence electrons. The Morgan fingerprint density at radius 2 is 2.33 bits per heavy atom. The zero-order chi connectivity index (χ0) is 6.91. The van der Waals surface area contributed by atoms with Gasteiger partial charge in [0.05, 0.1) is 6.61 Å². The highest BCUT2D eigenvalue weighted by atomic mass is 16.6. The van der Waals surface area contributed by atoms with Crippen LogP contribution < -0.4 is 0 Å². The highest BCUT2D eigenvalue weighted by Gasteiger charge is 2.44. The van der Waals surface area contributed by atoms with Gasteiger partial charge < -0.3 is 4.74 Å². The van der Waals surface area contributed by atoms with Gasteiger partial charge in [-0.25, -0.2) is 0 Å². The summed E-state index contributed by atoms with van der Waals surface area (Å²) in [5, 5.41) is 0. The molecular weight excluding hydrogens is 112 g/mol. The molecule has 0 radical (unpaired) electrons. The summed E-state index contributed by atoms with van der Waals surface area (Å²) < 4.78 is 5.30. The minimum absolute atomic E-state index is 0.106. The Labute approximate surface area is 56.7 Å². The van der Waals surface area contributed by atoms with Crippen LogP contribution in [0.25, 0.3) is 0 Å². The van der Waals surface area contributed by atoms with Crippen LogP contribution in [0.4, 0.5) is 0 Å². The van der Waals surface area contributed by atoms with Crippen molar-refractivity contribution in [3.63, 3.8) is 0 Å². The normalized spacial score (nSPS) is 32.2. The Balaban J connectivity index is 2.43. The second kappa shape index (κ2) is 2.14. The third kappa shape index (κ3) is 1.16. The van der Waals surface area contributed by atoms with E-state index in [1.54, 1.807) is 0 Å². The van der Waals surface area contributed by atoms with E-state index in [-0.39, 0.29) is 5.60 Å². The molecule has 1 heterocycles. The van der Waals surface area contributed by atoms with Gasteiger partial charge in [0.15, 0.2) is 0 Å². The molecule has 1 atom stereocenters. The molecule has 0 aliphatic carbocycles. The molecule has 9 heavy (non-hydrogen) atoms. The Bertz CT molecular complexity index is 123. The summed E-state index contributed by atoms with van der Waals surface area (Å²) in [6, 6.07) is 0. The van der Waals surface area contributed by atoms with Crippen molar-refractivity contribution in [1.82, 2.24) is 0 Å². The lowest BCUT2D eigenvalue weighted by Gasteiger charge is -2.07. The molecule has 1 heteroatoms. The lowest BCUT2D eigenvalue weighted by Crippen LogP contribution is -2.10. The molecule has 0 saturated carbocycles. The number of hydrogen-bond donors (Lipinski definition) is 0. The quantitative estimate of drug-likeness (QED) is 0.417. The summed E-state index contributed by atoms with van der Waals surface area (Å²) in [6.45, 7) is 9.00. The average Bonchev–Trinajstić information content (AvgIpc) is 2.49. The Hall–Kier alpha value is -0.300. The van der Waals surface area contributed by atoms with Crippen LogP contribution in [-0.4, -0.2) is 12.2 Å².